The van der Waals surface area contributed by atoms with E-state index in [1.807, 2.05) is 0 Å². The van der Waals surface area contributed by atoms with E-state index in [0.717, 1.165) is 6.04 Å². The average molecular weight is 261 g/mol. The lowest BCUT2D eigenvalue weighted by Crippen LogP contribution is -2.28. The summed E-state index contributed by atoms with van der Waals surface area (Å²) in [5.41, 5.74) is 0. The van der Waals surface area contributed by atoms with E-state index in [9.17, 15) is 0 Å². The van der Waals surface area contributed by atoms with Crippen LogP contribution in [0.25, 0.3) is 0 Å². The molecular formula is C13H31NO2Si. The van der Waals surface area contributed by atoms with Crippen molar-refractivity contribution in [3.8, 4) is 0 Å². The average Bonchev–Trinajstić information content (AvgIpc) is 2.37. The zero-order chi connectivity index (χ0) is 12.9. The highest BCUT2D eigenvalue weighted by Gasteiger charge is 2.10. The molecule has 0 amide bonds. The van der Waals surface area contributed by atoms with Crippen LogP contribution in [-0.2, 0) is 8.85 Å². The Kier molecular flexibility index (Phi) is 12.6. The summed E-state index contributed by atoms with van der Waals surface area (Å²) in [6, 6.07) is 1.13. The first kappa shape index (κ1) is 17.1. The maximum Gasteiger partial charge on any atom is 0.320 e. The van der Waals surface area contributed by atoms with Crippen molar-refractivity contribution in [1.82, 2.24) is 4.90 Å². The van der Waals surface area contributed by atoms with Crippen molar-refractivity contribution in [2.75, 3.05) is 33.9 Å². The molecule has 0 saturated heterocycles. The lowest BCUT2D eigenvalue weighted by Gasteiger charge is -2.22. The third-order valence-electron chi connectivity index (χ3n) is 3.10. The normalized spacial score (nSPS) is 11.6. The molecule has 0 radical (unpaired) electrons. The smallest absolute Gasteiger partial charge is 0.320 e. The number of hydrogen-bond acceptors (Lipinski definition) is 3. The minimum Gasteiger partial charge on any atom is -0.400 e. The molecule has 0 aromatic carbocycles. The van der Waals surface area contributed by atoms with Crippen molar-refractivity contribution < 1.29 is 8.85 Å². The van der Waals surface area contributed by atoms with Gasteiger partial charge >= 0.3 is 9.28 Å². The van der Waals surface area contributed by atoms with Crippen LogP contribution in [0.5, 0.6) is 0 Å². The van der Waals surface area contributed by atoms with Crippen molar-refractivity contribution in [1.29, 1.82) is 0 Å². The molecule has 4 heteroatoms. The molecule has 0 aromatic heterocycles. The minimum atomic E-state index is -1.33. The molecule has 3 nitrogen and oxygen atoms in total. The van der Waals surface area contributed by atoms with Gasteiger partial charge in [-0.15, -0.1) is 0 Å². The minimum absolute atomic E-state index is 1.13. The van der Waals surface area contributed by atoms with E-state index >= 15 is 0 Å². The number of unbranched alkanes of at least 4 members (excludes halogenated alkanes) is 2. The van der Waals surface area contributed by atoms with Crippen molar-refractivity contribution in [2.45, 2.75) is 52.0 Å². The molecule has 0 unspecified atom stereocenters. The van der Waals surface area contributed by atoms with E-state index in [0.29, 0.717) is 0 Å². The molecule has 0 aliphatic carbocycles. The predicted molar refractivity (Wildman–Crippen MR) is 76.8 cm³/mol. The van der Waals surface area contributed by atoms with Gasteiger partial charge in [0.1, 0.15) is 0 Å². The van der Waals surface area contributed by atoms with Crippen molar-refractivity contribution in [3.05, 3.63) is 0 Å². The summed E-state index contributed by atoms with van der Waals surface area (Å²) >= 11 is 0. The summed E-state index contributed by atoms with van der Waals surface area (Å²) in [7, 11) is 2.21. The molecule has 0 heterocycles. The van der Waals surface area contributed by atoms with Gasteiger partial charge in [0.25, 0.3) is 0 Å². The predicted octanol–water partition coefficient (Wildman–Crippen LogP) is 2.79. The van der Waals surface area contributed by atoms with Crippen LogP contribution in [0.4, 0.5) is 0 Å². The third kappa shape index (κ3) is 9.77. The van der Waals surface area contributed by atoms with Gasteiger partial charge in [0.2, 0.25) is 0 Å². The highest BCUT2D eigenvalue weighted by molar-refractivity contribution is 6.44. The van der Waals surface area contributed by atoms with Crippen LogP contribution in [0.1, 0.15) is 46.0 Å². The Morgan fingerprint density at radius 2 is 1.29 bits per heavy atom. The van der Waals surface area contributed by atoms with E-state index in [1.54, 1.807) is 14.2 Å². The SMILES string of the molecule is CCCCN(CCCC)CCC[SiH](OC)OC. The van der Waals surface area contributed by atoms with Crippen LogP contribution in [0, 0.1) is 0 Å². The van der Waals surface area contributed by atoms with E-state index in [-0.39, 0.29) is 0 Å². The Labute approximate surface area is 109 Å². The topological polar surface area (TPSA) is 21.7 Å². The second-order valence-electron chi connectivity index (χ2n) is 4.59. The van der Waals surface area contributed by atoms with E-state index in [1.165, 1.54) is 51.7 Å². The summed E-state index contributed by atoms with van der Waals surface area (Å²) in [5.74, 6) is 0. The molecule has 0 aromatic rings. The number of nitrogens with zero attached hydrogens (tertiary/aromatic N) is 1. The fourth-order valence-electron chi connectivity index (χ4n) is 1.91. The van der Waals surface area contributed by atoms with Crippen LogP contribution in [0.2, 0.25) is 6.04 Å². The second kappa shape index (κ2) is 12.6. The van der Waals surface area contributed by atoms with Crippen LogP contribution in [0.3, 0.4) is 0 Å². The standard InChI is InChI=1S/C13H31NO2Si/c1-5-7-10-14(11-8-6-2)12-9-13-17(15-3)16-4/h17H,5-13H2,1-4H3. The van der Waals surface area contributed by atoms with Gasteiger partial charge in [-0.3, -0.25) is 0 Å². The molecule has 0 fully saturated rings. The molecular weight excluding hydrogens is 230 g/mol. The fourth-order valence-corrected chi connectivity index (χ4v) is 3.09. The fraction of sp³-hybridized carbons (Fsp3) is 1.00. The van der Waals surface area contributed by atoms with Gasteiger partial charge in [0.05, 0.1) is 0 Å². The lowest BCUT2D eigenvalue weighted by atomic mass is 10.2. The van der Waals surface area contributed by atoms with Gasteiger partial charge in [-0.1, -0.05) is 26.7 Å². The first-order valence-electron chi connectivity index (χ1n) is 7.06. The molecule has 0 bridgehead atoms. The Morgan fingerprint density at radius 3 is 1.71 bits per heavy atom. The van der Waals surface area contributed by atoms with E-state index in [4.69, 9.17) is 8.85 Å². The zero-order valence-electron chi connectivity index (χ0n) is 12.2. The van der Waals surface area contributed by atoms with E-state index in [2.05, 4.69) is 18.7 Å². The Bertz CT molecular complexity index is 146. The monoisotopic (exact) mass is 261 g/mol. The molecule has 0 rings (SSSR count). The van der Waals surface area contributed by atoms with E-state index < -0.39 is 9.28 Å². The summed E-state index contributed by atoms with van der Waals surface area (Å²) < 4.78 is 10.7. The number of hydrogen-bond donors (Lipinski definition) is 0. The van der Waals surface area contributed by atoms with Crippen molar-refractivity contribution >= 4 is 9.28 Å². The summed E-state index contributed by atoms with van der Waals surface area (Å²) in [5, 5.41) is 0. The van der Waals surface area contributed by atoms with Crippen molar-refractivity contribution in [2.24, 2.45) is 0 Å². The summed E-state index contributed by atoms with van der Waals surface area (Å²) in [6.07, 6.45) is 6.43. The summed E-state index contributed by atoms with van der Waals surface area (Å²) in [6.45, 7) is 8.23. The van der Waals surface area contributed by atoms with Gasteiger partial charge in [0, 0.05) is 14.2 Å². The van der Waals surface area contributed by atoms with Crippen LogP contribution >= 0.6 is 0 Å². The molecule has 17 heavy (non-hydrogen) atoms. The van der Waals surface area contributed by atoms with Crippen LogP contribution < -0.4 is 0 Å². The van der Waals surface area contributed by atoms with Gasteiger partial charge in [-0.25, -0.2) is 0 Å². The van der Waals surface area contributed by atoms with Crippen LogP contribution in [-0.4, -0.2) is 48.0 Å². The van der Waals surface area contributed by atoms with Crippen LogP contribution in [0.15, 0.2) is 0 Å². The maximum absolute atomic E-state index is 5.34. The third-order valence-corrected chi connectivity index (χ3v) is 5.03. The summed E-state index contributed by atoms with van der Waals surface area (Å²) in [4.78, 5) is 2.60. The first-order valence-corrected chi connectivity index (χ1v) is 8.82. The Hall–Kier alpha value is 0.0969. The molecule has 0 N–H and O–H groups in total. The molecule has 0 atom stereocenters. The van der Waals surface area contributed by atoms with Gasteiger partial charge < -0.3 is 13.8 Å². The first-order chi connectivity index (χ1) is 8.28. The molecule has 104 valence electrons. The number of rotatable bonds is 12. The molecule has 0 aliphatic rings. The lowest BCUT2D eigenvalue weighted by molar-refractivity contribution is 0.251. The molecule has 0 spiro atoms. The zero-order valence-corrected chi connectivity index (χ0v) is 13.4. The maximum atomic E-state index is 5.34. The highest BCUT2D eigenvalue weighted by atomic mass is 28.3. The molecule has 0 aliphatic heterocycles. The quantitative estimate of drug-likeness (QED) is 0.504. The largest absolute Gasteiger partial charge is 0.400 e. The van der Waals surface area contributed by atoms with Crippen molar-refractivity contribution in [3.63, 3.8) is 0 Å². The highest BCUT2D eigenvalue weighted by Crippen LogP contribution is 2.05. The van der Waals surface area contributed by atoms with Gasteiger partial charge in [-0.2, -0.15) is 0 Å². The van der Waals surface area contributed by atoms with Gasteiger partial charge in [0.15, 0.2) is 0 Å². The Morgan fingerprint density at radius 1 is 0.824 bits per heavy atom. The Balaban J connectivity index is 3.72. The van der Waals surface area contributed by atoms with Gasteiger partial charge in [-0.05, 0) is 44.9 Å². The second-order valence-corrected chi connectivity index (χ2v) is 6.97. The molecule has 0 saturated carbocycles.